The second kappa shape index (κ2) is 7.58. The number of sulfone groups is 1. The molecule has 118 valence electrons. The second-order valence-corrected chi connectivity index (χ2v) is 8.14. The van der Waals surface area contributed by atoms with Crippen LogP contribution in [0.3, 0.4) is 0 Å². The van der Waals surface area contributed by atoms with Crippen LogP contribution in [0.4, 0.5) is 0 Å². The highest BCUT2D eigenvalue weighted by molar-refractivity contribution is 7.91. The molecule has 6 heteroatoms. The predicted molar refractivity (Wildman–Crippen MR) is 87.6 cm³/mol. The molecule has 1 atom stereocenters. The van der Waals surface area contributed by atoms with Gasteiger partial charge in [0, 0.05) is 43.0 Å². The lowest BCUT2D eigenvalue weighted by atomic mass is 10.0. The summed E-state index contributed by atoms with van der Waals surface area (Å²) in [5.74, 6) is 0.498. The number of benzene rings is 1. The Labute approximate surface area is 132 Å². The van der Waals surface area contributed by atoms with E-state index in [1.54, 1.807) is 0 Å². The largest absolute Gasteiger partial charge is 0.314 e. The number of hydrogen-bond donors (Lipinski definition) is 1. The van der Waals surface area contributed by atoms with Gasteiger partial charge in [0.15, 0.2) is 9.84 Å². The third-order valence-corrected chi connectivity index (χ3v) is 6.00. The first-order valence-electron chi connectivity index (χ1n) is 7.43. The second-order valence-electron chi connectivity index (χ2n) is 5.43. The Kier molecular flexibility index (Phi) is 6.05. The molecule has 1 aliphatic rings. The van der Waals surface area contributed by atoms with Crippen LogP contribution in [0.25, 0.3) is 0 Å². The van der Waals surface area contributed by atoms with E-state index in [2.05, 4.69) is 10.2 Å². The zero-order chi connectivity index (χ0) is 15.3. The number of hydrogen-bond acceptors (Lipinski definition) is 4. The van der Waals surface area contributed by atoms with Crippen molar-refractivity contribution < 1.29 is 8.42 Å². The van der Waals surface area contributed by atoms with Crippen LogP contribution in [-0.2, 0) is 9.84 Å². The van der Waals surface area contributed by atoms with Gasteiger partial charge in [-0.3, -0.25) is 4.90 Å². The van der Waals surface area contributed by atoms with Crippen molar-refractivity contribution in [3.05, 3.63) is 34.9 Å². The summed E-state index contributed by atoms with van der Waals surface area (Å²) >= 11 is 6.29. The summed E-state index contributed by atoms with van der Waals surface area (Å²) in [7, 11) is -2.94. The average molecular weight is 331 g/mol. The summed E-state index contributed by atoms with van der Waals surface area (Å²) in [6, 6.07) is 7.94. The van der Waals surface area contributed by atoms with Crippen molar-refractivity contribution in [1.82, 2.24) is 10.2 Å². The molecule has 2 rings (SSSR count). The third-order valence-electron chi connectivity index (χ3n) is 3.82. The normalized spacial score (nSPS) is 20.6. The van der Waals surface area contributed by atoms with Crippen molar-refractivity contribution in [1.29, 1.82) is 0 Å². The first-order valence-corrected chi connectivity index (χ1v) is 9.63. The molecule has 1 unspecified atom stereocenters. The molecule has 1 heterocycles. The molecule has 1 saturated heterocycles. The fourth-order valence-corrected chi connectivity index (χ4v) is 4.34. The van der Waals surface area contributed by atoms with Crippen LogP contribution in [0.15, 0.2) is 24.3 Å². The summed E-state index contributed by atoms with van der Waals surface area (Å²) in [5.41, 5.74) is 1.07. The molecular weight excluding hydrogens is 308 g/mol. The molecule has 4 nitrogen and oxygen atoms in total. The van der Waals surface area contributed by atoms with Gasteiger partial charge < -0.3 is 5.32 Å². The molecule has 0 amide bonds. The molecule has 21 heavy (non-hydrogen) atoms. The highest BCUT2D eigenvalue weighted by atomic mass is 35.5. The fourth-order valence-electron chi connectivity index (χ4n) is 2.74. The maximum absolute atomic E-state index is 11.9. The van der Waals surface area contributed by atoms with E-state index in [0.717, 1.165) is 30.2 Å². The van der Waals surface area contributed by atoms with Crippen molar-refractivity contribution >= 4 is 21.4 Å². The van der Waals surface area contributed by atoms with Gasteiger partial charge in [-0.2, -0.15) is 0 Å². The number of piperazine rings is 1. The van der Waals surface area contributed by atoms with E-state index in [1.165, 1.54) is 0 Å². The maximum Gasteiger partial charge on any atom is 0.151 e. The van der Waals surface area contributed by atoms with Crippen LogP contribution < -0.4 is 5.32 Å². The summed E-state index contributed by atoms with van der Waals surface area (Å²) in [6.45, 7) is 5.00. The maximum atomic E-state index is 11.9. The van der Waals surface area contributed by atoms with Crippen LogP contribution in [0.5, 0.6) is 0 Å². The third kappa shape index (κ3) is 4.68. The van der Waals surface area contributed by atoms with Gasteiger partial charge in [0.05, 0.1) is 5.75 Å². The van der Waals surface area contributed by atoms with E-state index in [0.29, 0.717) is 13.0 Å². The molecule has 0 aliphatic carbocycles. The predicted octanol–water partition coefficient (Wildman–Crippen LogP) is 2.11. The lowest BCUT2D eigenvalue weighted by Crippen LogP contribution is -2.47. The van der Waals surface area contributed by atoms with Gasteiger partial charge in [0.1, 0.15) is 0 Å². The van der Waals surface area contributed by atoms with E-state index in [-0.39, 0.29) is 17.5 Å². The standard InChI is InChI=1S/C15H23ClN2O2S/c1-2-10-21(19,20)11-9-18-8-7-17-12-15(18)13-5-3-4-6-14(13)16/h3-6,15,17H,2,7-12H2,1H3. The molecule has 0 radical (unpaired) electrons. The quantitative estimate of drug-likeness (QED) is 0.868. The monoisotopic (exact) mass is 330 g/mol. The SMILES string of the molecule is CCCS(=O)(=O)CCN1CCNCC1c1ccccc1Cl. The summed E-state index contributed by atoms with van der Waals surface area (Å²) < 4.78 is 23.8. The molecule has 1 aliphatic heterocycles. The molecule has 1 aromatic rings. The first-order chi connectivity index (χ1) is 10.0. The van der Waals surface area contributed by atoms with Crippen LogP contribution >= 0.6 is 11.6 Å². The average Bonchev–Trinajstić information content (AvgIpc) is 2.46. The van der Waals surface area contributed by atoms with E-state index in [9.17, 15) is 8.42 Å². The minimum absolute atomic E-state index is 0.143. The lowest BCUT2D eigenvalue weighted by Gasteiger charge is -2.36. The van der Waals surface area contributed by atoms with Crippen LogP contribution in [0, 0.1) is 0 Å². The van der Waals surface area contributed by atoms with E-state index < -0.39 is 9.84 Å². The van der Waals surface area contributed by atoms with E-state index in [1.807, 2.05) is 31.2 Å². The number of halogens is 1. The Morgan fingerprint density at radius 1 is 1.33 bits per heavy atom. The van der Waals surface area contributed by atoms with Gasteiger partial charge >= 0.3 is 0 Å². The minimum Gasteiger partial charge on any atom is -0.314 e. The van der Waals surface area contributed by atoms with Gasteiger partial charge in [-0.1, -0.05) is 36.7 Å². The zero-order valence-corrected chi connectivity index (χ0v) is 14.0. The molecular formula is C15H23ClN2O2S. The number of nitrogens with one attached hydrogen (secondary N) is 1. The van der Waals surface area contributed by atoms with E-state index in [4.69, 9.17) is 11.6 Å². The van der Waals surface area contributed by atoms with Gasteiger partial charge in [0.25, 0.3) is 0 Å². The van der Waals surface area contributed by atoms with Crippen molar-refractivity contribution in [3.63, 3.8) is 0 Å². The topological polar surface area (TPSA) is 49.4 Å². The summed E-state index contributed by atoms with van der Waals surface area (Å²) in [4.78, 5) is 2.23. The van der Waals surface area contributed by atoms with Crippen LogP contribution in [0.2, 0.25) is 5.02 Å². The number of nitrogens with zero attached hydrogens (tertiary/aromatic N) is 1. The smallest absolute Gasteiger partial charge is 0.151 e. The summed E-state index contributed by atoms with van der Waals surface area (Å²) in [5, 5.41) is 4.11. The molecule has 1 N–H and O–H groups in total. The van der Waals surface area contributed by atoms with Gasteiger partial charge in [0.2, 0.25) is 0 Å². The summed E-state index contributed by atoms with van der Waals surface area (Å²) in [6.07, 6.45) is 0.678. The fraction of sp³-hybridized carbons (Fsp3) is 0.600. The Morgan fingerprint density at radius 3 is 2.81 bits per heavy atom. The lowest BCUT2D eigenvalue weighted by molar-refractivity contribution is 0.172. The Balaban J connectivity index is 2.08. The van der Waals surface area contributed by atoms with Crippen molar-refractivity contribution in [2.24, 2.45) is 0 Å². The Morgan fingerprint density at radius 2 is 2.10 bits per heavy atom. The Bertz CT molecular complexity index is 563. The highest BCUT2D eigenvalue weighted by Gasteiger charge is 2.26. The van der Waals surface area contributed by atoms with Crippen LogP contribution in [0.1, 0.15) is 24.9 Å². The van der Waals surface area contributed by atoms with Gasteiger partial charge in [-0.15, -0.1) is 0 Å². The first kappa shape index (κ1) is 16.7. The zero-order valence-electron chi connectivity index (χ0n) is 12.4. The van der Waals surface area contributed by atoms with Crippen molar-refractivity contribution in [2.45, 2.75) is 19.4 Å². The molecule has 1 fully saturated rings. The number of rotatable bonds is 6. The molecule has 0 bridgehead atoms. The highest BCUT2D eigenvalue weighted by Crippen LogP contribution is 2.28. The molecule has 0 spiro atoms. The molecule has 0 aromatic heterocycles. The van der Waals surface area contributed by atoms with Crippen molar-refractivity contribution in [2.75, 3.05) is 37.7 Å². The molecule has 1 aromatic carbocycles. The van der Waals surface area contributed by atoms with Crippen molar-refractivity contribution in [3.8, 4) is 0 Å². The van der Waals surface area contributed by atoms with Gasteiger partial charge in [-0.25, -0.2) is 8.42 Å². The van der Waals surface area contributed by atoms with Crippen LogP contribution in [-0.4, -0.2) is 51.0 Å². The molecule has 0 saturated carbocycles. The van der Waals surface area contributed by atoms with E-state index >= 15 is 0 Å². The Hall–Kier alpha value is -0.620. The van der Waals surface area contributed by atoms with Gasteiger partial charge in [-0.05, 0) is 18.1 Å². The minimum atomic E-state index is -2.94.